The maximum absolute atomic E-state index is 12.1. The van der Waals surface area contributed by atoms with Gasteiger partial charge in [0, 0.05) is 36.7 Å². The van der Waals surface area contributed by atoms with Gasteiger partial charge in [-0.05, 0) is 43.4 Å². The lowest BCUT2D eigenvalue weighted by Gasteiger charge is -2.04. The van der Waals surface area contributed by atoms with E-state index in [1.54, 1.807) is 7.11 Å². The highest BCUT2D eigenvalue weighted by Crippen LogP contribution is 2.28. The Kier molecular flexibility index (Phi) is 4.63. The van der Waals surface area contributed by atoms with Crippen LogP contribution in [0.5, 0.6) is 5.75 Å². The van der Waals surface area contributed by atoms with Crippen molar-refractivity contribution in [3.8, 4) is 5.75 Å². The Hall–Kier alpha value is -2.01. The highest BCUT2D eigenvalue weighted by molar-refractivity contribution is 5.98. The van der Waals surface area contributed by atoms with Gasteiger partial charge in [-0.1, -0.05) is 0 Å². The lowest BCUT2D eigenvalue weighted by molar-refractivity contribution is 0.0933. The molecule has 1 saturated carbocycles. The molecule has 0 saturated heterocycles. The van der Waals surface area contributed by atoms with E-state index in [-0.39, 0.29) is 5.91 Å². The van der Waals surface area contributed by atoms with Crippen molar-refractivity contribution in [2.75, 3.05) is 26.9 Å². The Balaban J connectivity index is 1.46. The number of aromatic amines is 1. The summed E-state index contributed by atoms with van der Waals surface area (Å²) in [6.07, 6.45) is 3.45. The molecule has 0 atom stereocenters. The van der Waals surface area contributed by atoms with Crippen LogP contribution in [0.4, 0.5) is 0 Å². The van der Waals surface area contributed by atoms with E-state index in [4.69, 9.17) is 9.47 Å². The van der Waals surface area contributed by atoms with Gasteiger partial charge in [0.2, 0.25) is 0 Å². The summed E-state index contributed by atoms with van der Waals surface area (Å²) >= 11 is 0. The maximum atomic E-state index is 12.1. The van der Waals surface area contributed by atoms with E-state index >= 15 is 0 Å². The van der Waals surface area contributed by atoms with Crippen LogP contribution in [-0.2, 0) is 4.74 Å². The summed E-state index contributed by atoms with van der Waals surface area (Å²) in [6, 6.07) is 7.56. The fraction of sp³-hybridized carbons (Fsp3) is 0.471. The zero-order valence-electron chi connectivity index (χ0n) is 12.9. The molecule has 0 aliphatic heterocycles. The molecule has 3 rings (SSSR count). The molecule has 2 aromatic rings. The first-order valence-electron chi connectivity index (χ1n) is 7.79. The van der Waals surface area contributed by atoms with Crippen molar-refractivity contribution >= 4 is 16.8 Å². The molecule has 1 aromatic heterocycles. The van der Waals surface area contributed by atoms with Gasteiger partial charge in [0.1, 0.15) is 11.4 Å². The highest BCUT2D eigenvalue weighted by atomic mass is 16.5. The Morgan fingerprint density at radius 2 is 2.23 bits per heavy atom. The number of H-pyrrole nitrogens is 1. The van der Waals surface area contributed by atoms with Gasteiger partial charge in [-0.15, -0.1) is 0 Å². The summed E-state index contributed by atoms with van der Waals surface area (Å²) in [4.78, 5) is 15.2. The van der Waals surface area contributed by atoms with E-state index in [0.29, 0.717) is 18.8 Å². The summed E-state index contributed by atoms with van der Waals surface area (Å²) in [7, 11) is 1.63. The van der Waals surface area contributed by atoms with Crippen LogP contribution in [0, 0.1) is 5.92 Å². The second-order valence-corrected chi connectivity index (χ2v) is 5.76. The predicted octanol–water partition coefficient (Wildman–Crippen LogP) is 2.72. The number of aromatic nitrogens is 1. The van der Waals surface area contributed by atoms with E-state index in [1.165, 1.54) is 12.8 Å². The Labute approximate surface area is 130 Å². The molecule has 22 heavy (non-hydrogen) atoms. The molecular weight excluding hydrogens is 280 g/mol. The van der Waals surface area contributed by atoms with Crippen molar-refractivity contribution in [3.63, 3.8) is 0 Å². The first-order chi connectivity index (χ1) is 10.8. The molecule has 1 heterocycles. The van der Waals surface area contributed by atoms with Gasteiger partial charge in [-0.2, -0.15) is 0 Å². The molecular formula is C17H22N2O3. The molecule has 0 unspecified atom stereocenters. The lowest BCUT2D eigenvalue weighted by Crippen LogP contribution is -2.25. The van der Waals surface area contributed by atoms with E-state index < -0.39 is 0 Å². The van der Waals surface area contributed by atoms with Crippen LogP contribution in [-0.4, -0.2) is 37.8 Å². The number of hydrogen-bond donors (Lipinski definition) is 2. The monoisotopic (exact) mass is 302 g/mol. The normalized spacial score (nSPS) is 14.2. The number of carbonyl (C=O) groups is 1. The van der Waals surface area contributed by atoms with Gasteiger partial charge >= 0.3 is 0 Å². The van der Waals surface area contributed by atoms with Crippen molar-refractivity contribution in [2.24, 2.45) is 5.92 Å². The number of amides is 1. The molecule has 0 spiro atoms. The summed E-state index contributed by atoms with van der Waals surface area (Å²) in [6.45, 7) is 2.21. The first kappa shape index (κ1) is 14.9. The largest absolute Gasteiger partial charge is 0.497 e. The minimum absolute atomic E-state index is 0.0858. The molecule has 2 N–H and O–H groups in total. The third-order valence-corrected chi connectivity index (χ3v) is 3.88. The van der Waals surface area contributed by atoms with Gasteiger partial charge in [-0.25, -0.2) is 0 Å². The van der Waals surface area contributed by atoms with Gasteiger partial charge in [-0.3, -0.25) is 4.79 Å². The van der Waals surface area contributed by atoms with Gasteiger partial charge in [0.05, 0.1) is 7.11 Å². The van der Waals surface area contributed by atoms with Crippen LogP contribution in [0.1, 0.15) is 29.8 Å². The SMILES string of the molecule is COc1ccc2cc(C(=O)NCCCOCC3CC3)[nH]c2c1. The number of fused-ring (bicyclic) bond motifs is 1. The molecule has 1 aliphatic carbocycles. The lowest BCUT2D eigenvalue weighted by atomic mass is 10.2. The summed E-state index contributed by atoms with van der Waals surface area (Å²) in [5.74, 6) is 1.48. The molecule has 0 bridgehead atoms. The van der Waals surface area contributed by atoms with Crippen LogP contribution in [0.25, 0.3) is 10.9 Å². The highest BCUT2D eigenvalue weighted by Gasteiger charge is 2.20. The minimum atomic E-state index is -0.0858. The Morgan fingerprint density at radius 1 is 1.36 bits per heavy atom. The Bertz CT molecular complexity index is 646. The zero-order valence-corrected chi connectivity index (χ0v) is 12.9. The van der Waals surface area contributed by atoms with Crippen molar-refractivity contribution in [2.45, 2.75) is 19.3 Å². The van der Waals surface area contributed by atoms with Gasteiger partial charge in [0.15, 0.2) is 0 Å². The predicted molar refractivity (Wildman–Crippen MR) is 85.3 cm³/mol. The van der Waals surface area contributed by atoms with E-state index in [1.807, 2.05) is 24.3 Å². The topological polar surface area (TPSA) is 63.4 Å². The summed E-state index contributed by atoms with van der Waals surface area (Å²) in [5, 5.41) is 3.91. The number of rotatable bonds is 8. The third kappa shape index (κ3) is 3.80. The van der Waals surface area contributed by atoms with Crippen LogP contribution in [0.2, 0.25) is 0 Å². The number of nitrogens with one attached hydrogen (secondary N) is 2. The quantitative estimate of drug-likeness (QED) is 0.737. The average Bonchev–Trinajstić information content (AvgIpc) is 3.26. The smallest absolute Gasteiger partial charge is 0.267 e. The fourth-order valence-corrected chi connectivity index (χ4v) is 2.36. The van der Waals surface area contributed by atoms with Crippen LogP contribution in [0.15, 0.2) is 24.3 Å². The van der Waals surface area contributed by atoms with Gasteiger partial charge in [0.25, 0.3) is 5.91 Å². The maximum Gasteiger partial charge on any atom is 0.267 e. The molecule has 5 heteroatoms. The van der Waals surface area contributed by atoms with Crippen molar-refractivity contribution in [3.05, 3.63) is 30.0 Å². The standard InChI is InChI=1S/C17H22N2O3/c1-21-14-6-5-13-9-16(19-15(13)10-14)17(20)18-7-2-8-22-11-12-3-4-12/h5-6,9-10,12,19H,2-4,7-8,11H2,1H3,(H,18,20). The van der Waals surface area contributed by atoms with E-state index in [0.717, 1.165) is 35.6 Å². The van der Waals surface area contributed by atoms with Crippen LogP contribution < -0.4 is 10.1 Å². The van der Waals surface area contributed by atoms with Crippen LogP contribution >= 0.6 is 0 Å². The number of ether oxygens (including phenoxy) is 2. The number of carbonyl (C=O) groups excluding carboxylic acids is 1. The second-order valence-electron chi connectivity index (χ2n) is 5.76. The summed E-state index contributed by atoms with van der Waals surface area (Å²) < 4.78 is 10.7. The van der Waals surface area contributed by atoms with E-state index in [9.17, 15) is 4.79 Å². The molecule has 1 aromatic carbocycles. The van der Waals surface area contributed by atoms with E-state index in [2.05, 4.69) is 10.3 Å². The summed E-state index contributed by atoms with van der Waals surface area (Å²) in [5.41, 5.74) is 1.47. The van der Waals surface area contributed by atoms with Gasteiger partial charge < -0.3 is 19.8 Å². The third-order valence-electron chi connectivity index (χ3n) is 3.88. The molecule has 0 radical (unpaired) electrons. The molecule has 1 aliphatic rings. The zero-order chi connectivity index (χ0) is 15.4. The molecule has 118 valence electrons. The molecule has 5 nitrogen and oxygen atoms in total. The minimum Gasteiger partial charge on any atom is -0.497 e. The van der Waals surface area contributed by atoms with Crippen molar-refractivity contribution < 1.29 is 14.3 Å². The van der Waals surface area contributed by atoms with Crippen molar-refractivity contribution in [1.29, 1.82) is 0 Å². The first-order valence-corrected chi connectivity index (χ1v) is 7.79. The Morgan fingerprint density at radius 3 is 3.00 bits per heavy atom. The molecule has 1 fully saturated rings. The number of methoxy groups -OCH3 is 1. The molecule has 1 amide bonds. The fourth-order valence-electron chi connectivity index (χ4n) is 2.36. The second kappa shape index (κ2) is 6.83. The van der Waals surface area contributed by atoms with Crippen molar-refractivity contribution in [1.82, 2.24) is 10.3 Å². The van der Waals surface area contributed by atoms with Crippen LogP contribution in [0.3, 0.4) is 0 Å². The average molecular weight is 302 g/mol. The number of benzene rings is 1. The number of hydrogen-bond acceptors (Lipinski definition) is 3.